The van der Waals surface area contributed by atoms with Crippen molar-refractivity contribution in [2.75, 3.05) is 11.1 Å². The van der Waals surface area contributed by atoms with E-state index in [0.717, 1.165) is 20.5 Å². The van der Waals surface area contributed by atoms with Crippen molar-refractivity contribution in [1.29, 1.82) is 0 Å². The minimum atomic E-state index is -0.320. The van der Waals surface area contributed by atoms with E-state index in [-0.39, 0.29) is 11.7 Å². The van der Waals surface area contributed by atoms with Gasteiger partial charge in [-0.25, -0.2) is 9.97 Å². The second-order valence-electron chi connectivity index (χ2n) is 7.00. The van der Waals surface area contributed by atoms with E-state index in [9.17, 15) is 4.79 Å². The van der Waals surface area contributed by atoms with Crippen molar-refractivity contribution >= 4 is 56.7 Å². The molecule has 0 bridgehead atoms. The number of hydrogen-bond acceptors (Lipinski definition) is 5. The van der Waals surface area contributed by atoms with E-state index in [1.165, 1.54) is 11.8 Å². The van der Waals surface area contributed by atoms with Crippen LogP contribution in [0.15, 0.2) is 87.2 Å². The highest BCUT2D eigenvalue weighted by atomic mass is 79.9. The summed E-state index contributed by atoms with van der Waals surface area (Å²) in [7, 11) is 0. The summed E-state index contributed by atoms with van der Waals surface area (Å²) in [5, 5.41) is 3.99. The molecule has 0 unspecified atom stereocenters. The number of carbonyl (C=O) groups excluding carboxylic acids is 1. The number of nitrogens with one attached hydrogen (secondary N) is 1. The number of amides is 1. The lowest BCUT2D eigenvalue weighted by molar-refractivity contribution is 0.102. The van der Waals surface area contributed by atoms with Crippen LogP contribution in [0.4, 0.5) is 11.5 Å². The van der Waals surface area contributed by atoms with Gasteiger partial charge in [-0.15, -0.1) is 0 Å². The van der Waals surface area contributed by atoms with E-state index in [2.05, 4.69) is 26.2 Å². The molecule has 160 valence electrons. The lowest BCUT2D eigenvalue weighted by atomic mass is 10.2. The Kier molecular flexibility index (Phi) is 6.79. The Hall–Kier alpha value is -2.87. The number of aryl methyl sites for hydroxylation is 1. The van der Waals surface area contributed by atoms with Gasteiger partial charge in [-0.05, 0) is 55.5 Å². The Morgan fingerprint density at radius 2 is 1.62 bits per heavy atom. The molecule has 3 aromatic carbocycles. The third-order valence-corrected chi connectivity index (χ3v) is 6.36. The fraction of sp³-hybridized carbons (Fsp3) is 0.0417. The Balaban J connectivity index is 1.74. The van der Waals surface area contributed by atoms with Crippen molar-refractivity contribution in [3.8, 4) is 11.4 Å². The van der Waals surface area contributed by atoms with Gasteiger partial charge < -0.3 is 11.1 Å². The molecule has 1 heterocycles. The quantitative estimate of drug-likeness (QED) is 0.278. The van der Waals surface area contributed by atoms with E-state index in [0.29, 0.717) is 27.1 Å². The summed E-state index contributed by atoms with van der Waals surface area (Å²) in [6.45, 7) is 2.03. The SMILES string of the molecule is Cc1ccc(Sc2nc(-c3ccc(Br)cc3)nc(N)c2NC(=O)c2ccc(Cl)cc2)cc1. The molecule has 4 rings (SSSR count). The highest BCUT2D eigenvalue weighted by molar-refractivity contribution is 9.10. The van der Waals surface area contributed by atoms with E-state index < -0.39 is 0 Å². The van der Waals surface area contributed by atoms with Crippen LogP contribution in [0, 0.1) is 6.92 Å². The third-order valence-electron chi connectivity index (χ3n) is 4.59. The monoisotopic (exact) mass is 524 g/mol. The number of anilines is 2. The average molecular weight is 526 g/mol. The summed E-state index contributed by atoms with van der Waals surface area (Å²) in [5.74, 6) is 0.350. The third kappa shape index (κ3) is 5.30. The zero-order chi connectivity index (χ0) is 22.7. The number of benzene rings is 3. The minimum absolute atomic E-state index is 0.190. The molecule has 0 radical (unpaired) electrons. The van der Waals surface area contributed by atoms with Crippen molar-refractivity contribution in [2.24, 2.45) is 0 Å². The number of carbonyl (C=O) groups is 1. The fourth-order valence-electron chi connectivity index (χ4n) is 2.88. The van der Waals surface area contributed by atoms with Gasteiger partial charge in [-0.2, -0.15) is 0 Å². The number of hydrogen-bond donors (Lipinski definition) is 2. The summed E-state index contributed by atoms with van der Waals surface area (Å²) >= 11 is 10.8. The molecule has 0 atom stereocenters. The molecular formula is C24H18BrClN4OS. The number of halogens is 2. The molecular weight excluding hydrogens is 508 g/mol. The Morgan fingerprint density at radius 1 is 0.969 bits per heavy atom. The van der Waals surface area contributed by atoms with Crippen LogP contribution in [0.3, 0.4) is 0 Å². The second-order valence-corrected chi connectivity index (χ2v) is 9.41. The van der Waals surface area contributed by atoms with Crippen LogP contribution in [0.1, 0.15) is 15.9 Å². The van der Waals surface area contributed by atoms with Crippen molar-refractivity contribution in [3.05, 3.63) is 93.4 Å². The molecule has 3 N–H and O–H groups in total. The summed E-state index contributed by atoms with van der Waals surface area (Å²) in [4.78, 5) is 23.0. The summed E-state index contributed by atoms with van der Waals surface area (Å²) in [6.07, 6.45) is 0. The zero-order valence-corrected chi connectivity index (χ0v) is 20.1. The molecule has 0 saturated carbocycles. The van der Waals surface area contributed by atoms with Gasteiger partial charge in [0.25, 0.3) is 5.91 Å². The number of nitrogen functional groups attached to an aromatic ring is 1. The topological polar surface area (TPSA) is 80.9 Å². The first-order valence-corrected chi connectivity index (χ1v) is 11.6. The van der Waals surface area contributed by atoms with Gasteiger partial charge >= 0.3 is 0 Å². The minimum Gasteiger partial charge on any atom is -0.382 e. The van der Waals surface area contributed by atoms with Gasteiger partial charge in [0.2, 0.25) is 0 Å². The van der Waals surface area contributed by atoms with Crippen LogP contribution in [0.2, 0.25) is 5.02 Å². The van der Waals surface area contributed by atoms with Crippen LogP contribution in [-0.4, -0.2) is 15.9 Å². The molecule has 32 heavy (non-hydrogen) atoms. The largest absolute Gasteiger partial charge is 0.382 e. The van der Waals surface area contributed by atoms with Gasteiger partial charge in [-0.3, -0.25) is 4.79 Å². The van der Waals surface area contributed by atoms with Crippen LogP contribution < -0.4 is 11.1 Å². The van der Waals surface area contributed by atoms with Crippen LogP contribution in [-0.2, 0) is 0 Å². The highest BCUT2D eigenvalue weighted by Crippen LogP contribution is 2.37. The summed E-state index contributed by atoms with van der Waals surface area (Å²) < 4.78 is 0.954. The molecule has 0 saturated heterocycles. The van der Waals surface area contributed by atoms with Crippen LogP contribution in [0.25, 0.3) is 11.4 Å². The maximum absolute atomic E-state index is 12.8. The standard InChI is InChI=1S/C24H18BrClN4OS/c1-14-2-12-19(13-3-14)32-24-20(28-23(31)16-6-10-18(26)11-7-16)21(27)29-22(30-24)15-4-8-17(25)9-5-15/h2-13H,1H3,(H,28,31)(H2,27,29,30). The van der Waals surface area contributed by atoms with E-state index >= 15 is 0 Å². The van der Waals surface area contributed by atoms with E-state index in [4.69, 9.17) is 22.3 Å². The molecule has 4 aromatic rings. The average Bonchev–Trinajstić information content (AvgIpc) is 2.78. The molecule has 8 heteroatoms. The Bertz CT molecular complexity index is 1260. The summed E-state index contributed by atoms with van der Waals surface area (Å²) in [6, 6.07) is 22.3. The number of nitrogens with two attached hydrogens (primary N) is 1. The predicted octanol–water partition coefficient (Wildman–Crippen LogP) is 6.85. The molecule has 0 spiro atoms. The van der Waals surface area contributed by atoms with Gasteiger partial charge in [-0.1, -0.05) is 69.1 Å². The van der Waals surface area contributed by atoms with Gasteiger partial charge in [0, 0.05) is 25.5 Å². The molecule has 5 nitrogen and oxygen atoms in total. The second kappa shape index (κ2) is 9.73. The highest BCUT2D eigenvalue weighted by Gasteiger charge is 2.18. The van der Waals surface area contributed by atoms with Crippen molar-refractivity contribution in [2.45, 2.75) is 16.8 Å². The van der Waals surface area contributed by atoms with Crippen molar-refractivity contribution in [3.63, 3.8) is 0 Å². The molecule has 0 aliphatic heterocycles. The van der Waals surface area contributed by atoms with E-state index in [1.54, 1.807) is 24.3 Å². The maximum atomic E-state index is 12.8. The summed E-state index contributed by atoms with van der Waals surface area (Å²) in [5.41, 5.74) is 9.11. The number of rotatable bonds is 5. The Labute approximate surface area is 203 Å². The molecule has 0 fully saturated rings. The van der Waals surface area contributed by atoms with Gasteiger partial charge in [0.1, 0.15) is 10.7 Å². The smallest absolute Gasteiger partial charge is 0.255 e. The van der Waals surface area contributed by atoms with Crippen LogP contribution in [0.5, 0.6) is 0 Å². The number of aromatic nitrogens is 2. The predicted molar refractivity (Wildman–Crippen MR) is 134 cm³/mol. The van der Waals surface area contributed by atoms with E-state index in [1.807, 2.05) is 55.5 Å². The molecule has 1 aromatic heterocycles. The fourth-order valence-corrected chi connectivity index (χ4v) is 4.16. The first-order valence-electron chi connectivity index (χ1n) is 9.64. The molecule has 0 aliphatic rings. The van der Waals surface area contributed by atoms with Gasteiger partial charge in [0.15, 0.2) is 11.6 Å². The number of nitrogens with zero attached hydrogens (tertiary/aromatic N) is 2. The van der Waals surface area contributed by atoms with Crippen molar-refractivity contribution < 1.29 is 4.79 Å². The first-order chi connectivity index (χ1) is 15.4. The van der Waals surface area contributed by atoms with Gasteiger partial charge in [0.05, 0.1) is 0 Å². The lowest BCUT2D eigenvalue weighted by Gasteiger charge is -2.14. The first kappa shape index (κ1) is 22.3. The maximum Gasteiger partial charge on any atom is 0.255 e. The lowest BCUT2D eigenvalue weighted by Crippen LogP contribution is -2.15. The van der Waals surface area contributed by atoms with Crippen molar-refractivity contribution in [1.82, 2.24) is 9.97 Å². The Morgan fingerprint density at radius 3 is 2.28 bits per heavy atom. The molecule has 0 aliphatic carbocycles. The molecule has 1 amide bonds. The van der Waals surface area contributed by atoms with Crippen LogP contribution >= 0.6 is 39.3 Å². The normalized spacial score (nSPS) is 10.7. The zero-order valence-electron chi connectivity index (χ0n) is 17.0.